The standard InChI is InChI=1S/C17H18F2N2O3S/c1-3-21(25(23,24)14-7-4-12(2)5-8-14)11-17(22)20-16-9-6-13(18)10-15(16)19/h4-10H,3,11H2,1-2H3,(H,20,22). The van der Waals surface area contributed by atoms with Crippen molar-refractivity contribution in [3.05, 3.63) is 59.7 Å². The first kappa shape index (κ1) is 19.0. The lowest BCUT2D eigenvalue weighted by Gasteiger charge is -2.20. The van der Waals surface area contributed by atoms with E-state index in [0.717, 1.165) is 22.0 Å². The van der Waals surface area contributed by atoms with E-state index in [1.807, 2.05) is 6.92 Å². The number of nitrogens with one attached hydrogen (secondary N) is 1. The molecule has 1 amide bonds. The van der Waals surface area contributed by atoms with Gasteiger partial charge in [-0.1, -0.05) is 24.6 Å². The fraction of sp³-hybridized carbons (Fsp3) is 0.235. The number of nitrogens with zero attached hydrogens (tertiary/aromatic N) is 1. The summed E-state index contributed by atoms with van der Waals surface area (Å²) in [5, 5.41) is 2.25. The average Bonchev–Trinajstić information content (AvgIpc) is 2.55. The molecule has 2 aromatic rings. The predicted molar refractivity (Wildman–Crippen MR) is 90.6 cm³/mol. The zero-order valence-corrected chi connectivity index (χ0v) is 14.6. The lowest BCUT2D eigenvalue weighted by atomic mass is 10.2. The summed E-state index contributed by atoms with van der Waals surface area (Å²) in [4.78, 5) is 12.1. The fourth-order valence-corrected chi connectivity index (χ4v) is 3.57. The van der Waals surface area contributed by atoms with Crippen molar-refractivity contribution in [3.8, 4) is 0 Å². The molecule has 0 heterocycles. The Kier molecular flexibility index (Phi) is 5.86. The van der Waals surface area contributed by atoms with Gasteiger partial charge in [-0.15, -0.1) is 0 Å². The summed E-state index contributed by atoms with van der Waals surface area (Å²) >= 11 is 0. The Bertz CT molecular complexity index is 868. The summed E-state index contributed by atoms with van der Waals surface area (Å²) in [6.45, 7) is 3.01. The third kappa shape index (κ3) is 4.61. The van der Waals surface area contributed by atoms with Gasteiger partial charge in [0.2, 0.25) is 15.9 Å². The predicted octanol–water partition coefficient (Wildman–Crippen LogP) is 2.92. The molecule has 8 heteroatoms. The molecule has 0 radical (unpaired) electrons. The highest BCUT2D eigenvalue weighted by atomic mass is 32.2. The van der Waals surface area contributed by atoms with Crippen LogP contribution >= 0.6 is 0 Å². The molecule has 0 atom stereocenters. The zero-order valence-electron chi connectivity index (χ0n) is 13.8. The molecule has 1 N–H and O–H groups in total. The number of carbonyl (C=O) groups excluding carboxylic acids is 1. The monoisotopic (exact) mass is 368 g/mol. The molecule has 2 aromatic carbocycles. The highest BCUT2D eigenvalue weighted by molar-refractivity contribution is 7.89. The Morgan fingerprint density at radius 1 is 1.12 bits per heavy atom. The van der Waals surface area contributed by atoms with Gasteiger partial charge in [-0.3, -0.25) is 4.79 Å². The Morgan fingerprint density at radius 2 is 1.76 bits per heavy atom. The van der Waals surface area contributed by atoms with E-state index in [1.54, 1.807) is 19.1 Å². The molecule has 5 nitrogen and oxygen atoms in total. The second-order valence-electron chi connectivity index (χ2n) is 5.42. The van der Waals surface area contributed by atoms with Crippen LogP contribution < -0.4 is 5.32 Å². The molecule has 0 saturated carbocycles. The fourth-order valence-electron chi connectivity index (χ4n) is 2.17. The Labute approximate surface area is 145 Å². The van der Waals surface area contributed by atoms with Gasteiger partial charge in [0.05, 0.1) is 17.1 Å². The highest BCUT2D eigenvalue weighted by Gasteiger charge is 2.25. The normalized spacial score (nSPS) is 11.6. The number of hydrogen-bond donors (Lipinski definition) is 1. The van der Waals surface area contributed by atoms with Crippen LogP contribution in [0.1, 0.15) is 12.5 Å². The van der Waals surface area contributed by atoms with Crippen molar-refractivity contribution in [3.63, 3.8) is 0 Å². The van der Waals surface area contributed by atoms with Crippen molar-refractivity contribution in [2.24, 2.45) is 0 Å². The van der Waals surface area contributed by atoms with Crippen LogP contribution in [0.25, 0.3) is 0 Å². The molecule has 0 aliphatic rings. The van der Waals surface area contributed by atoms with Gasteiger partial charge in [0.15, 0.2) is 0 Å². The molecule has 0 bridgehead atoms. The number of hydrogen-bond acceptors (Lipinski definition) is 3. The van der Waals surface area contributed by atoms with Crippen molar-refractivity contribution in [2.75, 3.05) is 18.4 Å². The number of likely N-dealkylation sites (N-methyl/N-ethyl adjacent to an activating group) is 1. The van der Waals surface area contributed by atoms with E-state index in [9.17, 15) is 22.0 Å². The largest absolute Gasteiger partial charge is 0.322 e. The third-order valence-corrected chi connectivity index (χ3v) is 5.47. The van der Waals surface area contributed by atoms with Crippen LogP contribution in [-0.4, -0.2) is 31.7 Å². The summed E-state index contributed by atoms with van der Waals surface area (Å²) in [6, 6.07) is 8.96. The van der Waals surface area contributed by atoms with Crippen LogP contribution in [-0.2, 0) is 14.8 Å². The van der Waals surface area contributed by atoms with Crippen LogP contribution in [0, 0.1) is 18.6 Å². The Balaban J connectivity index is 2.15. The van der Waals surface area contributed by atoms with Crippen LogP contribution in [0.5, 0.6) is 0 Å². The van der Waals surface area contributed by atoms with Crippen molar-refractivity contribution in [1.29, 1.82) is 0 Å². The number of aryl methyl sites for hydroxylation is 1. The first-order valence-corrected chi connectivity index (χ1v) is 8.99. The van der Waals surface area contributed by atoms with Crippen LogP contribution in [0.4, 0.5) is 14.5 Å². The summed E-state index contributed by atoms with van der Waals surface area (Å²) < 4.78 is 52.6. The molecule has 0 aliphatic carbocycles. The second-order valence-corrected chi connectivity index (χ2v) is 7.35. The SMILES string of the molecule is CCN(CC(=O)Nc1ccc(F)cc1F)S(=O)(=O)c1ccc(C)cc1. The molecule has 2 rings (SSSR count). The molecule has 0 fully saturated rings. The van der Waals surface area contributed by atoms with E-state index in [-0.39, 0.29) is 17.1 Å². The van der Waals surface area contributed by atoms with Gasteiger partial charge in [-0.25, -0.2) is 17.2 Å². The van der Waals surface area contributed by atoms with E-state index < -0.39 is 34.1 Å². The summed E-state index contributed by atoms with van der Waals surface area (Å²) in [5.74, 6) is -2.42. The van der Waals surface area contributed by atoms with Gasteiger partial charge >= 0.3 is 0 Å². The second kappa shape index (κ2) is 7.71. The summed E-state index contributed by atoms with van der Waals surface area (Å²) in [7, 11) is -3.85. The number of halogens is 2. The quantitative estimate of drug-likeness (QED) is 0.853. The Morgan fingerprint density at radius 3 is 2.32 bits per heavy atom. The number of carbonyl (C=O) groups is 1. The number of anilines is 1. The highest BCUT2D eigenvalue weighted by Crippen LogP contribution is 2.18. The number of sulfonamides is 1. The van der Waals surface area contributed by atoms with Crippen molar-refractivity contribution >= 4 is 21.6 Å². The third-order valence-electron chi connectivity index (χ3n) is 3.54. The summed E-state index contributed by atoms with van der Waals surface area (Å²) in [5.41, 5.74) is 0.696. The molecular weight excluding hydrogens is 350 g/mol. The zero-order chi connectivity index (χ0) is 18.6. The molecule has 0 unspecified atom stereocenters. The lowest BCUT2D eigenvalue weighted by molar-refractivity contribution is -0.116. The van der Waals surface area contributed by atoms with Crippen molar-refractivity contribution < 1.29 is 22.0 Å². The maximum absolute atomic E-state index is 13.6. The van der Waals surface area contributed by atoms with Crippen LogP contribution in [0.3, 0.4) is 0 Å². The topological polar surface area (TPSA) is 66.5 Å². The number of amides is 1. The van der Waals surface area contributed by atoms with Gasteiger partial charge in [0.25, 0.3) is 0 Å². The first-order valence-electron chi connectivity index (χ1n) is 7.55. The van der Waals surface area contributed by atoms with Gasteiger partial charge in [-0.2, -0.15) is 4.31 Å². The van der Waals surface area contributed by atoms with Gasteiger partial charge in [0, 0.05) is 12.6 Å². The average molecular weight is 368 g/mol. The van der Waals surface area contributed by atoms with Crippen molar-refractivity contribution in [1.82, 2.24) is 4.31 Å². The lowest BCUT2D eigenvalue weighted by Crippen LogP contribution is -2.38. The van der Waals surface area contributed by atoms with E-state index in [1.165, 1.54) is 12.1 Å². The van der Waals surface area contributed by atoms with E-state index in [0.29, 0.717) is 6.07 Å². The molecular formula is C17H18F2N2O3S. The Hall–Kier alpha value is -2.32. The number of rotatable bonds is 6. The van der Waals surface area contributed by atoms with Crippen LogP contribution in [0.15, 0.2) is 47.4 Å². The smallest absolute Gasteiger partial charge is 0.243 e. The molecule has 0 aromatic heterocycles. The van der Waals surface area contributed by atoms with E-state index in [2.05, 4.69) is 5.32 Å². The minimum Gasteiger partial charge on any atom is -0.322 e. The molecule has 0 aliphatic heterocycles. The van der Waals surface area contributed by atoms with Gasteiger partial charge in [0.1, 0.15) is 11.6 Å². The molecule has 0 saturated heterocycles. The van der Waals surface area contributed by atoms with E-state index in [4.69, 9.17) is 0 Å². The van der Waals surface area contributed by atoms with Crippen LogP contribution in [0.2, 0.25) is 0 Å². The maximum Gasteiger partial charge on any atom is 0.243 e. The molecule has 0 spiro atoms. The number of benzene rings is 2. The first-order chi connectivity index (χ1) is 11.7. The van der Waals surface area contributed by atoms with Crippen molar-refractivity contribution in [2.45, 2.75) is 18.7 Å². The molecule has 134 valence electrons. The minimum absolute atomic E-state index is 0.0650. The molecule has 25 heavy (non-hydrogen) atoms. The van der Waals surface area contributed by atoms with Gasteiger partial charge < -0.3 is 5.32 Å². The minimum atomic E-state index is -3.85. The summed E-state index contributed by atoms with van der Waals surface area (Å²) in [6.07, 6.45) is 0. The van der Waals surface area contributed by atoms with Gasteiger partial charge in [-0.05, 0) is 31.2 Å². The maximum atomic E-state index is 13.6. The van der Waals surface area contributed by atoms with E-state index >= 15 is 0 Å².